The minimum Gasteiger partial charge on any atom is -0.490 e. The molecule has 0 saturated carbocycles. The minimum absolute atomic E-state index is 0.0314. The van der Waals surface area contributed by atoms with Crippen LogP contribution in [0.2, 0.25) is 0 Å². The van der Waals surface area contributed by atoms with Crippen LogP contribution in [0.5, 0.6) is 17.5 Å². The molecule has 10 nitrogen and oxygen atoms in total. The Morgan fingerprint density at radius 2 is 1.60 bits per heavy atom. The summed E-state index contributed by atoms with van der Waals surface area (Å²) >= 11 is 0. The first kappa shape index (κ1) is 30.7. The SMILES string of the molecule is CCCc1ccc(Cn2c(OCCOc3cccc(OC(F)(F)F)c3)nc3c2c(=O)n(CCN(C)C)c(=O)n3C)cc1. The van der Waals surface area contributed by atoms with E-state index in [0.29, 0.717) is 6.54 Å². The van der Waals surface area contributed by atoms with Crippen molar-refractivity contribution in [1.82, 2.24) is 23.6 Å². The number of aryl methyl sites for hydroxylation is 2. The van der Waals surface area contributed by atoms with E-state index in [2.05, 4.69) is 16.6 Å². The Labute approximate surface area is 240 Å². The number of likely N-dealkylation sites (N-methyl/N-ethyl adjacent to an activating group) is 1. The lowest BCUT2D eigenvalue weighted by atomic mass is 10.1. The van der Waals surface area contributed by atoms with E-state index >= 15 is 0 Å². The Morgan fingerprint density at radius 3 is 2.26 bits per heavy atom. The van der Waals surface area contributed by atoms with Crippen molar-refractivity contribution in [1.29, 1.82) is 0 Å². The third kappa shape index (κ3) is 7.52. The lowest BCUT2D eigenvalue weighted by Crippen LogP contribution is -2.41. The fourth-order valence-corrected chi connectivity index (χ4v) is 4.44. The second-order valence-electron chi connectivity index (χ2n) is 10.0. The van der Waals surface area contributed by atoms with Crippen LogP contribution in [-0.4, -0.2) is 63.8 Å². The van der Waals surface area contributed by atoms with Gasteiger partial charge in [-0.15, -0.1) is 13.2 Å². The number of fused-ring (bicyclic) bond motifs is 1. The van der Waals surface area contributed by atoms with Gasteiger partial charge in [-0.25, -0.2) is 4.79 Å². The van der Waals surface area contributed by atoms with Crippen LogP contribution in [0, 0.1) is 0 Å². The fraction of sp³-hybridized carbons (Fsp3) is 0.414. The Balaban J connectivity index is 1.62. The van der Waals surface area contributed by atoms with Crippen molar-refractivity contribution in [3.63, 3.8) is 0 Å². The Hall–Kier alpha value is -4.26. The molecule has 0 aliphatic carbocycles. The Bertz CT molecular complexity index is 1620. The highest BCUT2D eigenvalue weighted by atomic mass is 19.4. The number of hydrogen-bond donors (Lipinski definition) is 0. The monoisotopic (exact) mass is 589 g/mol. The van der Waals surface area contributed by atoms with Crippen LogP contribution in [0.25, 0.3) is 11.2 Å². The van der Waals surface area contributed by atoms with Crippen molar-refractivity contribution in [2.75, 3.05) is 33.9 Å². The van der Waals surface area contributed by atoms with Crippen molar-refractivity contribution in [2.24, 2.45) is 7.05 Å². The van der Waals surface area contributed by atoms with Crippen LogP contribution in [0.15, 0.2) is 58.1 Å². The van der Waals surface area contributed by atoms with Gasteiger partial charge in [0, 0.05) is 26.2 Å². The molecule has 0 aliphatic rings. The maximum Gasteiger partial charge on any atom is 0.573 e. The fourth-order valence-electron chi connectivity index (χ4n) is 4.44. The molecule has 0 atom stereocenters. The molecule has 0 spiro atoms. The number of rotatable bonds is 13. The highest BCUT2D eigenvalue weighted by molar-refractivity contribution is 5.72. The van der Waals surface area contributed by atoms with Crippen molar-refractivity contribution >= 4 is 11.2 Å². The molecule has 4 aromatic rings. The van der Waals surface area contributed by atoms with Crippen LogP contribution in [0.1, 0.15) is 24.5 Å². The zero-order chi connectivity index (χ0) is 30.4. The number of halogens is 3. The first-order valence-corrected chi connectivity index (χ1v) is 13.5. The van der Waals surface area contributed by atoms with Crippen LogP contribution in [-0.2, 0) is 26.6 Å². The highest BCUT2D eigenvalue weighted by Crippen LogP contribution is 2.26. The third-order valence-electron chi connectivity index (χ3n) is 6.49. The van der Waals surface area contributed by atoms with E-state index in [1.54, 1.807) is 11.6 Å². The molecular weight excluding hydrogens is 555 g/mol. The van der Waals surface area contributed by atoms with Crippen molar-refractivity contribution < 1.29 is 27.4 Å². The summed E-state index contributed by atoms with van der Waals surface area (Å²) in [6.07, 6.45) is -2.85. The smallest absolute Gasteiger partial charge is 0.490 e. The van der Waals surface area contributed by atoms with Gasteiger partial charge in [0.2, 0.25) is 0 Å². The summed E-state index contributed by atoms with van der Waals surface area (Å²) in [6.45, 7) is 2.99. The maximum absolute atomic E-state index is 13.6. The quantitative estimate of drug-likeness (QED) is 0.219. The summed E-state index contributed by atoms with van der Waals surface area (Å²) in [6, 6.07) is 13.3. The molecule has 2 heterocycles. The summed E-state index contributed by atoms with van der Waals surface area (Å²) in [5.74, 6) is -0.244. The van der Waals surface area contributed by atoms with Gasteiger partial charge in [-0.1, -0.05) is 43.7 Å². The van der Waals surface area contributed by atoms with E-state index in [9.17, 15) is 22.8 Å². The van der Waals surface area contributed by atoms with Crippen LogP contribution in [0.3, 0.4) is 0 Å². The van der Waals surface area contributed by atoms with E-state index in [1.807, 2.05) is 43.3 Å². The van der Waals surface area contributed by atoms with E-state index < -0.39 is 23.4 Å². The molecule has 0 radical (unpaired) electrons. The molecule has 42 heavy (non-hydrogen) atoms. The molecule has 2 aromatic heterocycles. The van der Waals surface area contributed by atoms with Crippen LogP contribution in [0.4, 0.5) is 13.2 Å². The number of benzene rings is 2. The summed E-state index contributed by atoms with van der Waals surface area (Å²) in [4.78, 5) is 33.0. The highest BCUT2D eigenvalue weighted by Gasteiger charge is 2.31. The van der Waals surface area contributed by atoms with Gasteiger partial charge in [0.1, 0.15) is 24.7 Å². The van der Waals surface area contributed by atoms with Gasteiger partial charge in [0.15, 0.2) is 11.2 Å². The standard InChI is InChI=1S/C29H34F3N5O5/c1-5-7-20-10-12-21(13-11-20)19-37-24-25(35(4)28(39)36(26(24)38)15-14-34(2)3)33-27(37)41-17-16-40-22-8-6-9-23(18-22)42-29(30,31)32/h6,8-13,18H,5,7,14-17,19H2,1-4H3. The predicted octanol–water partition coefficient (Wildman–Crippen LogP) is 3.82. The normalized spacial score (nSPS) is 11.8. The first-order chi connectivity index (χ1) is 20.0. The van der Waals surface area contributed by atoms with Gasteiger partial charge in [-0.05, 0) is 43.8 Å². The van der Waals surface area contributed by atoms with Crippen molar-refractivity contribution in [3.05, 3.63) is 80.5 Å². The van der Waals surface area contributed by atoms with Gasteiger partial charge in [0.25, 0.3) is 11.6 Å². The molecule has 0 saturated heterocycles. The Kier molecular flexibility index (Phi) is 9.61. The van der Waals surface area contributed by atoms with Crippen molar-refractivity contribution in [3.8, 4) is 17.5 Å². The average molecular weight is 590 g/mol. The van der Waals surface area contributed by atoms with E-state index in [4.69, 9.17) is 9.47 Å². The van der Waals surface area contributed by atoms with Crippen LogP contribution < -0.4 is 25.5 Å². The molecular formula is C29H34F3N5O5. The average Bonchev–Trinajstić information content (AvgIpc) is 3.28. The molecule has 226 valence electrons. The molecule has 13 heteroatoms. The maximum atomic E-state index is 13.6. The number of imidazole rings is 1. The lowest BCUT2D eigenvalue weighted by Gasteiger charge is -2.14. The van der Waals surface area contributed by atoms with E-state index in [-0.39, 0.29) is 49.2 Å². The zero-order valence-electron chi connectivity index (χ0n) is 24.0. The number of aromatic nitrogens is 4. The number of nitrogens with zero attached hydrogens (tertiary/aromatic N) is 5. The van der Waals surface area contributed by atoms with E-state index in [0.717, 1.165) is 24.5 Å². The molecule has 0 unspecified atom stereocenters. The number of hydrogen-bond acceptors (Lipinski definition) is 7. The van der Waals surface area contributed by atoms with E-state index in [1.165, 1.54) is 32.9 Å². The largest absolute Gasteiger partial charge is 0.573 e. The zero-order valence-corrected chi connectivity index (χ0v) is 24.0. The number of ether oxygens (including phenoxy) is 3. The van der Waals surface area contributed by atoms with Gasteiger partial charge < -0.3 is 19.1 Å². The van der Waals surface area contributed by atoms with Gasteiger partial charge in [-0.2, -0.15) is 4.98 Å². The molecule has 0 fully saturated rings. The first-order valence-electron chi connectivity index (χ1n) is 13.5. The Morgan fingerprint density at radius 1 is 0.929 bits per heavy atom. The van der Waals surface area contributed by atoms with Gasteiger partial charge in [0.05, 0.1) is 6.54 Å². The summed E-state index contributed by atoms with van der Waals surface area (Å²) in [5.41, 5.74) is 1.55. The molecule has 4 rings (SSSR count). The summed E-state index contributed by atoms with van der Waals surface area (Å²) in [5, 5.41) is 0. The second-order valence-corrected chi connectivity index (χ2v) is 10.0. The number of alkyl halides is 3. The molecule has 0 amide bonds. The molecule has 0 aliphatic heterocycles. The van der Waals surface area contributed by atoms with Crippen molar-refractivity contribution in [2.45, 2.75) is 39.2 Å². The van der Waals surface area contributed by atoms with Gasteiger partial charge in [-0.3, -0.25) is 18.5 Å². The molecule has 0 bridgehead atoms. The van der Waals surface area contributed by atoms with Gasteiger partial charge >= 0.3 is 12.1 Å². The summed E-state index contributed by atoms with van der Waals surface area (Å²) < 4.78 is 57.2. The molecule has 2 aromatic carbocycles. The lowest BCUT2D eigenvalue weighted by molar-refractivity contribution is -0.274. The third-order valence-corrected chi connectivity index (χ3v) is 6.49. The molecule has 0 N–H and O–H groups in total. The van der Waals surface area contributed by atoms with Crippen LogP contribution >= 0.6 is 0 Å². The topological polar surface area (TPSA) is 92.8 Å². The summed E-state index contributed by atoms with van der Waals surface area (Å²) in [7, 11) is 5.26. The second kappa shape index (κ2) is 13.1. The predicted molar refractivity (Wildman–Crippen MR) is 151 cm³/mol. The minimum atomic E-state index is -4.82.